The highest BCUT2D eigenvalue weighted by Crippen LogP contribution is 2.24. The van der Waals surface area contributed by atoms with E-state index in [0.717, 1.165) is 5.69 Å². The molecule has 0 heterocycles. The van der Waals surface area contributed by atoms with Gasteiger partial charge in [-0.25, -0.2) is 0 Å². The van der Waals surface area contributed by atoms with Gasteiger partial charge in [-0.3, -0.25) is 4.79 Å². The van der Waals surface area contributed by atoms with Gasteiger partial charge in [0, 0.05) is 17.8 Å². The predicted molar refractivity (Wildman–Crippen MR) is 86.5 cm³/mol. The van der Waals surface area contributed by atoms with Gasteiger partial charge in [0.25, 0.3) is 0 Å². The average molecular weight is 322 g/mol. The number of halogens is 2. The highest BCUT2D eigenvalue weighted by molar-refractivity contribution is 6.42. The van der Waals surface area contributed by atoms with Gasteiger partial charge in [0.1, 0.15) is 5.75 Å². The molecule has 0 spiro atoms. The zero-order valence-electron chi connectivity index (χ0n) is 11.3. The Morgan fingerprint density at radius 3 is 2.62 bits per heavy atom. The van der Waals surface area contributed by atoms with Gasteiger partial charge < -0.3 is 10.1 Å². The van der Waals surface area contributed by atoms with Crippen LogP contribution in [0.5, 0.6) is 5.75 Å². The van der Waals surface area contributed by atoms with E-state index in [0.29, 0.717) is 21.4 Å². The van der Waals surface area contributed by atoms with Crippen LogP contribution in [0.4, 0.5) is 5.69 Å². The summed E-state index contributed by atoms with van der Waals surface area (Å²) in [4.78, 5) is 12.0. The molecule has 21 heavy (non-hydrogen) atoms. The summed E-state index contributed by atoms with van der Waals surface area (Å²) >= 11 is 11.7. The van der Waals surface area contributed by atoms with E-state index in [1.807, 2.05) is 24.3 Å². The van der Waals surface area contributed by atoms with Crippen LogP contribution in [-0.2, 0) is 0 Å². The fourth-order valence-electron chi connectivity index (χ4n) is 1.72. The molecule has 0 aliphatic carbocycles. The van der Waals surface area contributed by atoms with Crippen LogP contribution in [0.2, 0.25) is 10.0 Å². The second kappa shape index (κ2) is 7.16. The molecule has 0 unspecified atom stereocenters. The minimum atomic E-state index is -0.170. The monoisotopic (exact) mass is 321 g/mol. The first-order chi connectivity index (χ1) is 10.1. The molecule has 0 radical (unpaired) electrons. The first-order valence-electron chi connectivity index (χ1n) is 6.17. The van der Waals surface area contributed by atoms with Crippen molar-refractivity contribution in [2.45, 2.75) is 0 Å². The number of ketones is 1. The van der Waals surface area contributed by atoms with Gasteiger partial charge in [0.15, 0.2) is 5.78 Å². The molecule has 3 nitrogen and oxygen atoms in total. The molecule has 1 N–H and O–H groups in total. The molecule has 0 aromatic heterocycles. The Labute approximate surface area is 133 Å². The third kappa shape index (κ3) is 4.00. The first-order valence-corrected chi connectivity index (χ1v) is 6.93. The van der Waals surface area contributed by atoms with E-state index >= 15 is 0 Å². The molecule has 0 saturated heterocycles. The van der Waals surface area contributed by atoms with Crippen molar-refractivity contribution >= 4 is 34.7 Å². The summed E-state index contributed by atoms with van der Waals surface area (Å²) in [5.74, 6) is 0.528. The highest BCUT2D eigenvalue weighted by atomic mass is 35.5. The van der Waals surface area contributed by atoms with E-state index < -0.39 is 0 Å². The van der Waals surface area contributed by atoms with Gasteiger partial charge in [0.05, 0.1) is 22.8 Å². The van der Waals surface area contributed by atoms with E-state index in [2.05, 4.69) is 5.32 Å². The quantitative estimate of drug-likeness (QED) is 0.634. The number of nitrogens with one attached hydrogen (secondary N) is 1. The van der Waals surface area contributed by atoms with Crippen molar-refractivity contribution < 1.29 is 9.53 Å². The van der Waals surface area contributed by atoms with E-state index in [4.69, 9.17) is 27.9 Å². The number of ether oxygens (including phenoxy) is 1. The summed E-state index contributed by atoms with van der Waals surface area (Å²) in [6, 6.07) is 12.2. The smallest absolute Gasteiger partial charge is 0.187 e. The Kier molecular flexibility index (Phi) is 5.26. The molecule has 0 saturated carbocycles. The topological polar surface area (TPSA) is 38.3 Å². The zero-order chi connectivity index (χ0) is 15.2. The van der Waals surface area contributed by atoms with E-state index in [9.17, 15) is 4.79 Å². The number of benzene rings is 2. The minimum absolute atomic E-state index is 0.170. The van der Waals surface area contributed by atoms with E-state index in [-0.39, 0.29) is 5.78 Å². The molecule has 0 amide bonds. The van der Waals surface area contributed by atoms with Crippen LogP contribution in [0.15, 0.2) is 54.7 Å². The molecular weight excluding hydrogens is 309 g/mol. The Morgan fingerprint density at radius 2 is 1.90 bits per heavy atom. The number of carbonyl (C=O) groups is 1. The Hall–Kier alpha value is -1.97. The molecule has 2 aromatic rings. The van der Waals surface area contributed by atoms with Crippen molar-refractivity contribution in [3.05, 3.63) is 70.3 Å². The van der Waals surface area contributed by atoms with Crippen LogP contribution in [0.1, 0.15) is 10.4 Å². The van der Waals surface area contributed by atoms with Gasteiger partial charge in [-0.15, -0.1) is 0 Å². The number of hydrogen-bond acceptors (Lipinski definition) is 3. The lowest BCUT2D eigenvalue weighted by molar-refractivity contribution is 0.104. The largest absolute Gasteiger partial charge is 0.495 e. The van der Waals surface area contributed by atoms with E-state index in [1.165, 1.54) is 6.08 Å². The summed E-state index contributed by atoms with van der Waals surface area (Å²) in [6.45, 7) is 0. The first kappa shape index (κ1) is 15.4. The molecule has 0 bridgehead atoms. The lowest BCUT2D eigenvalue weighted by Crippen LogP contribution is -1.97. The van der Waals surface area contributed by atoms with Crippen molar-refractivity contribution in [2.24, 2.45) is 0 Å². The molecule has 2 aromatic carbocycles. The molecule has 5 heteroatoms. The van der Waals surface area contributed by atoms with Gasteiger partial charge in [0.2, 0.25) is 0 Å². The molecule has 108 valence electrons. The van der Waals surface area contributed by atoms with Crippen molar-refractivity contribution in [1.82, 2.24) is 0 Å². The lowest BCUT2D eigenvalue weighted by Gasteiger charge is -2.07. The van der Waals surface area contributed by atoms with Crippen LogP contribution >= 0.6 is 23.2 Å². The number of anilines is 1. The van der Waals surface area contributed by atoms with Crippen molar-refractivity contribution in [3.63, 3.8) is 0 Å². The zero-order valence-corrected chi connectivity index (χ0v) is 12.8. The third-order valence-electron chi connectivity index (χ3n) is 2.78. The van der Waals surface area contributed by atoms with Gasteiger partial charge >= 0.3 is 0 Å². The van der Waals surface area contributed by atoms with Crippen molar-refractivity contribution in [3.8, 4) is 5.75 Å². The highest BCUT2D eigenvalue weighted by Gasteiger charge is 2.05. The molecule has 0 aliphatic heterocycles. The predicted octanol–water partition coefficient (Wildman–Crippen LogP) is 4.81. The summed E-state index contributed by atoms with van der Waals surface area (Å²) in [5, 5.41) is 3.78. The molecule has 0 atom stereocenters. The molecule has 0 fully saturated rings. The normalized spacial score (nSPS) is 10.6. The van der Waals surface area contributed by atoms with Gasteiger partial charge in [-0.1, -0.05) is 35.3 Å². The number of hydrogen-bond donors (Lipinski definition) is 1. The third-order valence-corrected chi connectivity index (χ3v) is 3.52. The maximum Gasteiger partial charge on any atom is 0.187 e. The van der Waals surface area contributed by atoms with Gasteiger partial charge in [-0.05, 0) is 30.3 Å². The summed E-state index contributed by atoms with van der Waals surface area (Å²) in [7, 11) is 1.59. The SMILES string of the molecule is COc1ccccc1N/C=C/C(=O)c1ccc(Cl)c(Cl)c1. The standard InChI is InChI=1S/C16H13Cl2NO2/c1-21-16-5-3-2-4-14(16)19-9-8-15(20)11-6-7-12(17)13(18)10-11/h2-10,19H,1H3/b9-8+. The molecule has 2 rings (SSSR count). The van der Waals surface area contributed by atoms with Crippen molar-refractivity contribution in [1.29, 1.82) is 0 Å². The average Bonchev–Trinajstić information content (AvgIpc) is 2.50. The summed E-state index contributed by atoms with van der Waals surface area (Å²) in [6.07, 6.45) is 2.98. The van der Waals surface area contributed by atoms with E-state index in [1.54, 1.807) is 31.5 Å². The lowest BCUT2D eigenvalue weighted by atomic mass is 10.1. The number of para-hydroxylation sites is 2. The fraction of sp³-hybridized carbons (Fsp3) is 0.0625. The Balaban J connectivity index is 2.07. The summed E-state index contributed by atoms with van der Waals surface area (Å²) < 4.78 is 5.20. The number of methoxy groups -OCH3 is 1. The maximum absolute atomic E-state index is 12.0. The van der Waals surface area contributed by atoms with Crippen LogP contribution in [0.25, 0.3) is 0 Å². The molecular formula is C16H13Cl2NO2. The van der Waals surface area contributed by atoms with Crippen LogP contribution < -0.4 is 10.1 Å². The Bertz CT molecular complexity index is 684. The summed E-state index contributed by atoms with van der Waals surface area (Å²) in [5.41, 5.74) is 1.25. The number of allylic oxidation sites excluding steroid dienone is 1. The van der Waals surface area contributed by atoms with Crippen LogP contribution in [-0.4, -0.2) is 12.9 Å². The number of carbonyl (C=O) groups excluding carboxylic acids is 1. The molecule has 0 aliphatic rings. The maximum atomic E-state index is 12.0. The number of rotatable bonds is 5. The van der Waals surface area contributed by atoms with Crippen molar-refractivity contribution in [2.75, 3.05) is 12.4 Å². The van der Waals surface area contributed by atoms with Crippen LogP contribution in [0, 0.1) is 0 Å². The second-order valence-corrected chi connectivity index (χ2v) is 4.99. The fourth-order valence-corrected chi connectivity index (χ4v) is 2.01. The second-order valence-electron chi connectivity index (χ2n) is 4.17. The minimum Gasteiger partial charge on any atom is -0.495 e. The van der Waals surface area contributed by atoms with Gasteiger partial charge in [-0.2, -0.15) is 0 Å². The van der Waals surface area contributed by atoms with Crippen LogP contribution in [0.3, 0.4) is 0 Å². The Morgan fingerprint density at radius 1 is 1.14 bits per heavy atom.